The average molecular weight is 479 g/mol. The Kier molecular flexibility index (Phi) is 8.34. The van der Waals surface area contributed by atoms with Crippen LogP contribution in [-0.2, 0) is 10.4 Å². The van der Waals surface area contributed by atoms with Crippen LogP contribution in [0.2, 0.25) is 0 Å². The van der Waals surface area contributed by atoms with Crippen LogP contribution in [0.25, 0.3) is 0 Å². The van der Waals surface area contributed by atoms with Crippen LogP contribution in [-0.4, -0.2) is 60.6 Å². The summed E-state index contributed by atoms with van der Waals surface area (Å²) in [6.45, 7) is 6.72. The Morgan fingerprint density at radius 1 is 1.42 bits per heavy atom. The summed E-state index contributed by atoms with van der Waals surface area (Å²) < 4.78 is 5.46. The molecule has 2 heterocycles. The maximum absolute atomic E-state index is 11.5. The number of imide groups is 1. The minimum absolute atomic E-state index is 0. The number of aliphatic imine (C=N–C) groups is 1. The number of carbonyl (C=O) groups excluding carboxylic acids is 2. The number of hydrogen-bond acceptors (Lipinski definition) is 5. The van der Waals surface area contributed by atoms with Gasteiger partial charge in [-0.3, -0.25) is 9.69 Å². The molecule has 1 aromatic rings. The zero-order chi connectivity index (χ0) is 18.4. The molecular formula is C16H26IN5O4. The number of amides is 3. The van der Waals surface area contributed by atoms with Gasteiger partial charge < -0.3 is 25.5 Å². The highest BCUT2D eigenvalue weighted by Gasteiger charge is 2.28. The second-order valence-electron chi connectivity index (χ2n) is 6.01. The quantitative estimate of drug-likeness (QED) is 0.196. The van der Waals surface area contributed by atoms with Gasteiger partial charge in [-0.1, -0.05) is 0 Å². The number of guanidine groups is 1. The van der Waals surface area contributed by atoms with Crippen molar-refractivity contribution < 1.29 is 19.1 Å². The van der Waals surface area contributed by atoms with Crippen LogP contribution in [0.4, 0.5) is 4.79 Å². The van der Waals surface area contributed by atoms with E-state index in [1.165, 1.54) is 0 Å². The number of aliphatic hydroxyl groups is 1. The molecule has 1 unspecified atom stereocenters. The summed E-state index contributed by atoms with van der Waals surface area (Å²) in [5.74, 6) is 1.41. The van der Waals surface area contributed by atoms with Crippen molar-refractivity contribution in [2.75, 3.05) is 32.7 Å². The Labute approximate surface area is 169 Å². The van der Waals surface area contributed by atoms with Crippen LogP contribution in [0.15, 0.2) is 21.5 Å². The van der Waals surface area contributed by atoms with Gasteiger partial charge in [0.15, 0.2) is 5.96 Å². The lowest BCUT2D eigenvalue weighted by molar-refractivity contribution is -0.124. The number of carbonyl (C=O) groups is 2. The molecule has 4 N–H and O–H groups in total. The Bertz CT molecular complexity index is 643. The molecule has 1 aliphatic rings. The lowest BCUT2D eigenvalue weighted by atomic mass is 10.0. The van der Waals surface area contributed by atoms with Crippen molar-refractivity contribution in [2.45, 2.75) is 26.4 Å². The summed E-state index contributed by atoms with van der Waals surface area (Å²) in [4.78, 5) is 28.5. The van der Waals surface area contributed by atoms with Gasteiger partial charge in [0.1, 0.15) is 17.1 Å². The van der Waals surface area contributed by atoms with Crippen molar-refractivity contribution in [3.05, 3.63) is 23.7 Å². The monoisotopic (exact) mass is 479 g/mol. The average Bonchev–Trinajstić information content (AvgIpc) is 3.13. The Morgan fingerprint density at radius 3 is 2.69 bits per heavy atom. The molecule has 0 radical (unpaired) electrons. The molecule has 1 saturated heterocycles. The van der Waals surface area contributed by atoms with Crippen molar-refractivity contribution in [1.82, 2.24) is 20.9 Å². The molecule has 10 heteroatoms. The first-order valence-electron chi connectivity index (χ1n) is 8.23. The zero-order valence-corrected chi connectivity index (χ0v) is 17.5. The highest BCUT2D eigenvalue weighted by atomic mass is 127. The molecule has 0 spiro atoms. The topological polar surface area (TPSA) is 119 Å². The van der Waals surface area contributed by atoms with E-state index in [0.717, 1.165) is 10.7 Å². The van der Waals surface area contributed by atoms with Crippen LogP contribution in [0.3, 0.4) is 0 Å². The van der Waals surface area contributed by atoms with Gasteiger partial charge in [0.05, 0.1) is 13.1 Å². The normalized spacial score (nSPS) is 16.8. The number of nitrogens with zero attached hydrogens (tertiary/aromatic N) is 2. The molecule has 0 bridgehead atoms. The van der Waals surface area contributed by atoms with E-state index in [1.807, 2.05) is 13.8 Å². The van der Waals surface area contributed by atoms with Crippen molar-refractivity contribution in [1.29, 1.82) is 0 Å². The molecule has 1 aliphatic heterocycles. The van der Waals surface area contributed by atoms with E-state index >= 15 is 0 Å². The molecule has 3 amide bonds. The highest BCUT2D eigenvalue weighted by molar-refractivity contribution is 14.0. The van der Waals surface area contributed by atoms with E-state index < -0.39 is 5.60 Å². The minimum Gasteiger partial charge on any atom is -0.463 e. The molecule has 0 saturated carbocycles. The molecular weight excluding hydrogens is 453 g/mol. The van der Waals surface area contributed by atoms with E-state index in [1.54, 1.807) is 19.1 Å². The van der Waals surface area contributed by atoms with Crippen molar-refractivity contribution >= 4 is 41.9 Å². The Hall–Kier alpha value is -1.82. The van der Waals surface area contributed by atoms with E-state index in [0.29, 0.717) is 24.8 Å². The van der Waals surface area contributed by atoms with E-state index in [9.17, 15) is 14.7 Å². The van der Waals surface area contributed by atoms with Crippen molar-refractivity contribution in [3.8, 4) is 0 Å². The summed E-state index contributed by atoms with van der Waals surface area (Å²) in [7, 11) is 0. The van der Waals surface area contributed by atoms with Gasteiger partial charge in [0, 0.05) is 19.6 Å². The third kappa shape index (κ3) is 5.87. The smallest absolute Gasteiger partial charge is 0.324 e. The fraction of sp³-hybridized carbons (Fsp3) is 0.562. The lowest BCUT2D eigenvalue weighted by Crippen LogP contribution is -2.43. The molecule has 9 nitrogen and oxygen atoms in total. The van der Waals surface area contributed by atoms with Gasteiger partial charge in [-0.25, -0.2) is 9.79 Å². The summed E-state index contributed by atoms with van der Waals surface area (Å²) in [6.07, 6.45) is 0. The predicted octanol–water partition coefficient (Wildman–Crippen LogP) is 0.520. The van der Waals surface area contributed by atoms with Crippen molar-refractivity contribution in [2.24, 2.45) is 4.99 Å². The predicted molar refractivity (Wildman–Crippen MR) is 108 cm³/mol. The molecule has 26 heavy (non-hydrogen) atoms. The third-order valence-corrected chi connectivity index (χ3v) is 3.73. The summed E-state index contributed by atoms with van der Waals surface area (Å²) >= 11 is 0. The summed E-state index contributed by atoms with van der Waals surface area (Å²) in [6, 6.07) is 3.13. The molecule has 0 aliphatic carbocycles. The molecule has 2 rings (SSSR count). The number of urea groups is 1. The molecule has 1 fully saturated rings. The lowest BCUT2D eigenvalue weighted by Gasteiger charge is -2.20. The van der Waals surface area contributed by atoms with E-state index in [4.69, 9.17) is 4.42 Å². The maximum atomic E-state index is 11.5. The first kappa shape index (κ1) is 22.2. The Morgan fingerprint density at radius 2 is 2.15 bits per heavy atom. The van der Waals surface area contributed by atoms with Gasteiger partial charge >= 0.3 is 6.03 Å². The standard InChI is InChI=1S/C16H25N5O4.HI/c1-4-17-14(18-7-8-21-13(22)9-19-15(21)23)20-10-16(3,24)12-6-5-11(2)25-12;/h5-6,24H,4,7-10H2,1-3H3,(H,19,23)(H2,17,18,20);1H. The van der Waals surface area contributed by atoms with Gasteiger partial charge in [0.2, 0.25) is 5.91 Å². The summed E-state index contributed by atoms with van der Waals surface area (Å²) in [5, 5.41) is 19.1. The first-order chi connectivity index (χ1) is 11.8. The van der Waals surface area contributed by atoms with Crippen molar-refractivity contribution in [3.63, 3.8) is 0 Å². The maximum Gasteiger partial charge on any atom is 0.324 e. The van der Waals surface area contributed by atoms with Crippen LogP contribution < -0.4 is 16.0 Å². The van der Waals surface area contributed by atoms with Gasteiger partial charge in [-0.2, -0.15) is 0 Å². The van der Waals surface area contributed by atoms with Crippen LogP contribution in [0.1, 0.15) is 25.4 Å². The Balaban J connectivity index is 0.00000338. The second kappa shape index (κ2) is 9.76. The number of hydrogen-bond donors (Lipinski definition) is 4. The molecule has 1 atom stereocenters. The number of furan rings is 1. The van der Waals surface area contributed by atoms with Crippen LogP contribution in [0, 0.1) is 6.92 Å². The largest absolute Gasteiger partial charge is 0.463 e. The van der Waals surface area contributed by atoms with Crippen LogP contribution >= 0.6 is 24.0 Å². The second-order valence-corrected chi connectivity index (χ2v) is 6.01. The van der Waals surface area contributed by atoms with Gasteiger partial charge in [-0.15, -0.1) is 24.0 Å². The van der Waals surface area contributed by atoms with E-state index in [2.05, 4.69) is 20.9 Å². The molecule has 1 aromatic heterocycles. The first-order valence-corrected chi connectivity index (χ1v) is 8.23. The number of nitrogens with one attached hydrogen (secondary N) is 3. The number of rotatable bonds is 7. The SMILES string of the molecule is CCNC(=NCC(C)(O)c1ccc(C)o1)NCCN1C(=O)CNC1=O.I. The third-order valence-electron chi connectivity index (χ3n) is 3.73. The zero-order valence-electron chi connectivity index (χ0n) is 15.2. The van der Waals surface area contributed by atoms with Gasteiger partial charge in [0.25, 0.3) is 0 Å². The van der Waals surface area contributed by atoms with Gasteiger partial charge in [-0.05, 0) is 32.9 Å². The molecule has 0 aromatic carbocycles. The number of aryl methyl sites for hydroxylation is 1. The summed E-state index contributed by atoms with van der Waals surface area (Å²) in [5.41, 5.74) is -1.23. The number of halogens is 1. The fourth-order valence-corrected chi connectivity index (χ4v) is 2.34. The molecule has 146 valence electrons. The fourth-order valence-electron chi connectivity index (χ4n) is 2.34. The highest BCUT2D eigenvalue weighted by Crippen LogP contribution is 2.22. The van der Waals surface area contributed by atoms with Crippen LogP contribution in [0.5, 0.6) is 0 Å². The van der Waals surface area contributed by atoms with E-state index in [-0.39, 0.29) is 55.5 Å². The minimum atomic E-state index is -1.23.